The van der Waals surface area contributed by atoms with E-state index in [1.807, 2.05) is 54.6 Å². The van der Waals surface area contributed by atoms with Gasteiger partial charge in [0.2, 0.25) is 0 Å². The highest BCUT2D eigenvalue weighted by Crippen LogP contribution is 2.38. The van der Waals surface area contributed by atoms with Gasteiger partial charge in [0.05, 0.1) is 28.4 Å². The summed E-state index contributed by atoms with van der Waals surface area (Å²) in [5.41, 5.74) is 6.38. The standard InChI is InChI=1S/C28H19ClN2O2/c29-22-12-9-18(10-13-22)15-19-11-14-24-26(23-7-3-4-8-25(23)31-27(19)24)28(32)33-17-21-6-2-1-5-20(21)16-30/h1-10,12-13,15H,11,14,17H2. The molecule has 1 aromatic heterocycles. The van der Waals surface area contributed by atoms with Crippen LogP contribution >= 0.6 is 11.6 Å². The summed E-state index contributed by atoms with van der Waals surface area (Å²) in [6.45, 7) is 0.0431. The first-order valence-corrected chi connectivity index (χ1v) is 11.0. The molecule has 160 valence electrons. The maximum Gasteiger partial charge on any atom is 0.339 e. The minimum Gasteiger partial charge on any atom is -0.457 e. The molecule has 4 aromatic rings. The average molecular weight is 451 g/mol. The Bertz CT molecular complexity index is 1450. The maximum atomic E-state index is 13.3. The number of aromatic nitrogens is 1. The van der Waals surface area contributed by atoms with Crippen molar-refractivity contribution in [2.75, 3.05) is 0 Å². The third-order valence-corrected chi connectivity index (χ3v) is 6.11. The van der Waals surface area contributed by atoms with Gasteiger partial charge in [0.15, 0.2) is 0 Å². The van der Waals surface area contributed by atoms with Gasteiger partial charge in [-0.15, -0.1) is 0 Å². The molecule has 0 saturated carbocycles. The van der Waals surface area contributed by atoms with Crippen molar-refractivity contribution in [2.24, 2.45) is 0 Å². The molecule has 0 amide bonds. The van der Waals surface area contributed by atoms with Crippen molar-refractivity contribution in [2.45, 2.75) is 19.4 Å². The van der Waals surface area contributed by atoms with Crippen LogP contribution in [-0.4, -0.2) is 11.0 Å². The van der Waals surface area contributed by atoms with E-state index in [9.17, 15) is 10.1 Å². The Kier molecular flexibility index (Phi) is 5.64. The normalized spacial score (nSPS) is 13.6. The Balaban J connectivity index is 1.54. The number of nitriles is 1. The molecule has 5 rings (SSSR count). The lowest BCUT2D eigenvalue weighted by Gasteiger charge is -2.13. The fourth-order valence-corrected chi connectivity index (χ4v) is 4.37. The van der Waals surface area contributed by atoms with Crippen LogP contribution in [0.15, 0.2) is 72.8 Å². The number of esters is 1. The number of carbonyl (C=O) groups is 1. The van der Waals surface area contributed by atoms with E-state index in [1.165, 1.54) is 0 Å². The number of hydrogen-bond donors (Lipinski definition) is 0. The van der Waals surface area contributed by atoms with E-state index in [1.54, 1.807) is 18.2 Å². The highest BCUT2D eigenvalue weighted by Gasteiger charge is 2.27. The molecule has 0 saturated heterocycles. The van der Waals surface area contributed by atoms with Gasteiger partial charge in [0.1, 0.15) is 6.61 Å². The van der Waals surface area contributed by atoms with Crippen molar-refractivity contribution in [1.82, 2.24) is 4.98 Å². The molecule has 0 N–H and O–H groups in total. The number of benzene rings is 3. The monoisotopic (exact) mass is 450 g/mol. The minimum absolute atomic E-state index is 0.0431. The topological polar surface area (TPSA) is 63.0 Å². The smallest absolute Gasteiger partial charge is 0.339 e. The van der Waals surface area contributed by atoms with Gasteiger partial charge in [0.25, 0.3) is 0 Å². The summed E-state index contributed by atoms with van der Waals surface area (Å²) >= 11 is 6.02. The van der Waals surface area contributed by atoms with Crippen LogP contribution in [0.4, 0.5) is 0 Å². The van der Waals surface area contributed by atoms with Crippen LogP contribution < -0.4 is 0 Å². The Morgan fingerprint density at radius 1 is 1.03 bits per heavy atom. The van der Waals surface area contributed by atoms with E-state index >= 15 is 0 Å². The van der Waals surface area contributed by atoms with Crippen LogP contribution in [0.2, 0.25) is 5.02 Å². The SMILES string of the molecule is N#Cc1ccccc1COC(=O)c1c2c(nc3ccccc13)C(=Cc1ccc(Cl)cc1)CC2. The molecule has 33 heavy (non-hydrogen) atoms. The second-order valence-corrected chi connectivity index (χ2v) is 8.33. The molecule has 1 aliphatic carbocycles. The summed E-state index contributed by atoms with van der Waals surface area (Å²) in [4.78, 5) is 18.2. The highest BCUT2D eigenvalue weighted by atomic mass is 35.5. The van der Waals surface area contributed by atoms with Crippen molar-refractivity contribution in [1.29, 1.82) is 5.26 Å². The van der Waals surface area contributed by atoms with Gasteiger partial charge in [-0.3, -0.25) is 0 Å². The summed E-state index contributed by atoms with van der Waals surface area (Å²) in [7, 11) is 0. The van der Waals surface area contributed by atoms with Gasteiger partial charge in [-0.2, -0.15) is 5.26 Å². The summed E-state index contributed by atoms with van der Waals surface area (Å²) < 4.78 is 5.70. The molecule has 0 fully saturated rings. The number of pyridine rings is 1. The first-order chi connectivity index (χ1) is 16.1. The Hall–Kier alpha value is -3.94. The van der Waals surface area contributed by atoms with Crippen molar-refractivity contribution in [3.63, 3.8) is 0 Å². The van der Waals surface area contributed by atoms with Crippen LogP contribution in [0, 0.1) is 11.3 Å². The summed E-state index contributed by atoms with van der Waals surface area (Å²) in [5, 5.41) is 10.8. The van der Waals surface area contributed by atoms with E-state index in [0.29, 0.717) is 28.1 Å². The largest absolute Gasteiger partial charge is 0.457 e. The maximum absolute atomic E-state index is 13.3. The third-order valence-electron chi connectivity index (χ3n) is 5.85. The lowest BCUT2D eigenvalue weighted by molar-refractivity contribution is 0.0473. The van der Waals surface area contributed by atoms with Crippen LogP contribution in [0.1, 0.15) is 44.7 Å². The molecule has 3 aromatic carbocycles. The predicted octanol–water partition coefficient (Wildman–Crippen LogP) is 6.60. The highest BCUT2D eigenvalue weighted by molar-refractivity contribution is 6.30. The summed E-state index contributed by atoms with van der Waals surface area (Å²) in [5.74, 6) is -0.398. The fourth-order valence-electron chi connectivity index (χ4n) is 4.24. The molecule has 1 aliphatic rings. The number of carbonyl (C=O) groups excluding carboxylic acids is 1. The van der Waals surface area contributed by atoms with Gasteiger partial charge < -0.3 is 4.74 Å². The Morgan fingerprint density at radius 3 is 2.61 bits per heavy atom. The zero-order chi connectivity index (χ0) is 22.8. The second-order valence-electron chi connectivity index (χ2n) is 7.90. The quantitative estimate of drug-likeness (QED) is 0.328. The lowest BCUT2D eigenvalue weighted by Crippen LogP contribution is -2.11. The number of para-hydroxylation sites is 1. The van der Waals surface area contributed by atoms with E-state index in [4.69, 9.17) is 21.3 Å². The van der Waals surface area contributed by atoms with Crippen LogP contribution in [-0.2, 0) is 17.8 Å². The number of hydrogen-bond acceptors (Lipinski definition) is 4. The zero-order valence-electron chi connectivity index (χ0n) is 17.7. The van der Waals surface area contributed by atoms with E-state index in [2.05, 4.69) is 12.1 Å². The molecule has 5 heteroatoms. The molecule has 0 atom stereocenters. The minimum atomic E-state index is -0.398. The van der Waals surface area contributed by atoms with Crippen molar-refractivity contribution in [3.8, 4) is 6.07 Å². The molecule has 0 radical (unpaired) electrons. The number of fused-ring (bicyclic) bond motifs is 2. The number of ether oxygens (including phenoxy) is 1. The predicted molar refractivity (Wildman–Crippen MR) is 130 cm³/mol. The van der Waals surface area contributed by atoms with Gasteiger partial charge in [-0.25, -0.2) is 9.78 Å². The average Bonchev–Trinajstić information content (AvgIpc) is 3.24. The van der Waals surface area contributed by atoms with Crippen molar-refractivity contribution in [3.05, 3.63) is 111 Å². The van der Waals surface area contributed by atoms with Crippen molar-refractivity contribution < 1.29 is 9.53 Å². The lowest BCUT2D eigenvalue weighted by atomic mass is 10.0. The summed E-state index contributed by atoms with van der Waals surface area (Å²) in [6, 6.07) is 24.6. The number of halogens is 1. The van der Waals surface area contributed by atoms with Gasteiger partial charge in [-0.05, 0) is 59.9 Å². The van der Waals surface area contributed by atoms with E-state index in [-0.39, 0.29) is 6.61 Å². The Labute approximate surface area is 196 Å². The van der Waals surface area contributed by atoms with Gasteiger partial charge in [-0.1, -0.05) is 60.1 Å². The first kappa shape index (κ1) is 20.9. The molecule has 0 unspecified atom stereocenters. The molecule has 0 spiro atoms. The molecule has 0 aliphatic heterocycles. The third kappa shape index (κ3) is 4.11. The molecule has 1 heterocycles. The van der Waals surface area contributed by atoms with Crippen LogP contribution in [0.5, 0.6) is 0 Å². The summed E-state index contributed by atoms with van der Waals surface area (Å²) in [6.07, 6.45) is 3.60. The van der Waals surface area contributed by atoms with E-state index < -0.39 is 5.97 Å². The molecular formula is C28H19ClN2O2. The Morgan fingerprint density at radius 2 is 1.79 bits per heavy atom. The van der Waals surface area contributed by atoms with Gasteiger partial charge in [0, 0.05) is 16.0 Å². The first-order valence-electron chi connectivity index (χ1n) is 10.7. The van der Waals surface area contributed by atoms with Crippen LogP contribution in [0.25, 0.3) is 22.6 Å². The van der Waals surface area contributed by atoms with Crippen LogP contribution in [0.3, 0.4) is 0 Å². The molecule has 0 bridgehead atoms. The van der Waals surface area contributed by atoms with Gasteiger partial charge >= 0.3 is 5.97 Å². The van der Waals surface area contributed by atoms with E-state index in [0.717, 1.165) is 39.7 Å². The second kappa shape index (κ2) is 8.90. The fraction of sp³-hybridized carbons (Fsp3) is 0.107. The molecular weight excluding hydrogens is 432 g/mol. The van der Waals surface area contributed by atoms with Crippen molar-refractivity contribution >= 4 is 40.1 Å². The molecule has 4 nitrogen and oxygen atoms in total. The number of allylic oxidation sites excluding steroid dienone is 1. The zero-order valence-corrected chi connectivity index (χ0v) is 18.5. The number of rotatable bonds is 4. The number of nitrogens with zero attached hydrogens (tertiary/aromatic N) is 2.